The highest BCUT2D eigenvalue weighted by Gasteiger charge is 2.23. The number of nitrogens with one attached hydrogen (secondary N) is 2. The Kier molecular flexibility index (Phi) is 6.94. The summed E-state index contributed by atoms with van der Waals surface area (Å²) in [5.41, 5.74) is 3.46. The fourth-order valence-corrected chi connectivity index (χ4v) is 4.41. The summed E-state index contributed by atoms with van der Waals surface area (Å²) in [6, 6.07) is 31.5. The summed E-state index contributed by atoms with van der Waals surface area (Å²) in [7, 11) is 0. The van der Waals surface area contributed by atoms with Gasteiger partial charge in [-0.05, 0) is 47.0 Å². The third-order valence-electron chi connectivity index (χ3n) is 6.24. The number of carbonyl (C=O) groups excluding carboxylic acids is 1. The minimum absolute atomic E-state index is 0.00166. The van der Waals surface area contributed by atoms with Crippen LogP contribution >= 0.6 is 0 Å². The van der Waals surface area contributed by atoms with Crippen LogP contribution in [-0.4, -0.2) is 15.8 Å². The largest absolute Gasteiger partial charge is 0.457 e. The van der Waals surface area contributed by atoms with Crippen molar-refractivity contribution in [2.75, 3.05) is 0 Å². The van der Waals surface area contributed by atoms with Gasteiger partial charge in [0, 0.05) is 48.1 Å². The Morgan fingerprint density at radius 3 is 2.38 bits per heavy atom. The molecule has 1 amide bonds. The number of H-pyrrole nitrogens is 1. The highest BCUT2D eigenvalue weighted by Crippen LogP contribution is 2.36. The number of para-hydroxylation sites is 1. The molecule has 0 aliphatic carbocycles. The van der Waals surface area contributed by atoms with Crippen molar-refractivity contribution in [2.24, 2.45) is 0 Å². The van der Waals surface area contributed by atoms with E-state index in [0.29, 0.717) is 23.4 Å². The first-order chi connectivity index (χ1) is 18.1. The maximum Gasteiger partial charge on any atom is 0.270 e. The fraction of sp³-hybridized carbons (Fsp3) is 0.100. The molecule has 7 nitrogen and oxygen atoms in total. The van der Waals surface area contributed by atoms with Crippen LogP contribution in [0.1, 0.15) is 29.0 Å². The zero-order chi connectivity index (χ0) is 25.6. The van der Waals surface area contributed by atoms with E-state index in [-0.39, 0.29) is 23.9 Å². The van der Waals surface area contributed by atoms with Crippen LogP contribution in [0.25, 0.3) is 10.9 Å². The van der Waals surface area contributed by atoms with Crippen LogP contribution in [0.3, 0.4) is 0 Å². The third kappa shape index (κ3) is 5.67. The van der Waals surface area contributed by atoms with E-state index in [0.717, 1.165) is 22.2 Å². The van der Waals surface area contributed by atoms with Gasteiger partial charge in [-0.1, -0.05) is 60.7 Å². The third-order valence-corrected chi connectivity index (χ3v) is 6.24. The number of carbonyl (C=O) groups is 1. The number of nitro groups is 1. The minimum Gasteiger partial charge on any atom is -0.457 e. The molecule has 0 fully saturated rings. The van der Waals surface area contributed by atoms with Crippen molar-refractivity contribution in [3.8, 4) is 11.5 Å². The van der Waals surface area contributed by atoms with E-state index in [9.17, 15) is 14.9 Å². The molecule has 0 radical (unpaired) electrons. The number of non-ortho nitro benzene ring substituents is 1. The molecule has 7 heteroatoms. The number of hydrogen-bond donors (Lipinski definition) is 2. The summed E-state index contributed by atoms with van der Waals surface area (Å²) in [5, 5.41) is 15.2. The van der Waals surface area contributed by atoms with E-state index in [1.807, 2.05) is 91.1 Å². The van der Waals surface area contributed by atoms with Crippen LogP contribution in [0.2, 0.25) is 0 Å². The number of hydrogen-bond acceptors (Lipinski definition) is 4. The van der Waals surface area contributed by atoms with Crippen molar-refractivity contribution in [3.63, 3.8) is 0 Å². The Morgan fingerprint density at radius 2 is 1.62 bits per heavy atom. The Balaban J connectivity index is 1.48. The second-order valence-corrected chi connectivity index (χ2v) is 8.74. The van der Waals surface area contributed by atoms with Crippen molar-refractivity contribution in [1.29, 1.82) is 0 Å². The van der Waals surface area contributed by atoms with Crippen molar-refractivity contribution >= 4 is 22.5 Å². The van der Waals surface area contributed by atoms with Gasteiger partial charge in [-0.15, -0.1) is 0 Å². The molecule has 4 aromatic carbocycles. The topological polar surface area (TPSA) is 97.3 Å². The molecule has 0 saturated carbocycles. The number of ether oxygens (including phenoxy) is 1. The highest BCUT2D eigenvalue weighted by molar-refractivity contribution is 5.87. The second kappa shape index (κ2) is 10.8. The Labute approximate surface area is 213 Å². The molecular formula is C30H25N3O4. The molecule has 0 aliphatic heterocycles. The number of nitro benzene ring substituents is 1. The smallest absolute Gasteiger partial charge is 0.270 e. The van der Waals surface area contributed by atoms with E-state index >= 15 is 0 Å². The van der Waals surface area contributed by atoms with Gasteiger partial charge in [0.05, 0.1) is 4.92 Å². The molecule has 5 aromatic rings. The van der Waals surface area contributed by atoms with Crippen LogP contribution in [0.15, 0.2) is 109 Å². The SMILES string of the molecule is O=C(CC(c1cccc(Oc2ccccc2)c1)c1c[nH]c2ccc([N+](=O)[O-])cc12)NCc1ccccc1. The molecule has 0 saturated heterocycles. The molecule has 1 heterocycles. The number of rotatable bonds is 9. The van der Waals surface area contributed by atoms with Gasteiger partial charge in [-0.2, -0.15) is 0 Å². The van der Waals surface area contributed by atoms with Gasteiger partial charge in [0.2, 0.25) is 5.91 Å². The number of benzene rings is 4. The Hall–Kier alpha value is -4.91. The normalized spacial score (nSPS) is 11.7. The summed E-state index contributed by atoms with van der Waals surface area (Å²) >= 11 is 0. The predicted octanol–water partition coefficient (Wildman–Crippen LogP) is 6.71. The van der Waals surface area contributed by atoms with Crippen molar-refractivity contribution < 1.29 is 14.5 Å². The van der Waals surface area contributed by atoms with Gasteiger partial charge in [-0.3, -0.25) is 14.9 Å². The van der Waals surface area contributed by atoms with E-state index in [4.69, 9.17) is 4.74 Å². The van der Waals surface area contributed by atoms with Crippen molar-refractivity contribution in [3.05, 3.63) is 136 Å². The molecule has 1 atom stereocenters. The zero-order valence-corrected chi connectivity index (χ0v) is 20.0. The average Bonchev–Trinajstić information content (AvgIpc) is 3.35. The van der Waals surface area contributed by atoms with Gasteiger partial charge in [0.25, 0.3) is 5.69 Å². The molecule has 0 bridgehead atoms. The van der Waals surface area contributed by atoms with Crippen LogP contribution in [0.5, 0.6) is 11.5 Å². The molecule has 2 N–H and O–H groups in total. The summed E-state index contributed by atoms with van der Waals surface area (Å²) < 4.78 is 6.04. The Bertz CT molecular complexity index is 1530. The highest BCUT2D eigenvalue weighted by atomic mass is 16.6. The molecule has 1 unspecified atom stereocenters. The lowest BCUT2D eigenvalue weighted by Crippen LogP contribution is -2.25. The number of aromatic amines is 1. The van der Waals surface area contributed by atoms with Gasteiger partial charge in [0.15, 0.2) is 0 Å². The van der Waals surface area contributed by atoms with E-state index in [2.05, 4.69) is 10.3 Å². The Morgan fingerprint density at radius 1 is 0.892 bits per heavy atom. The molecule has 0 aliphatic rings. The lowest BCUT2D eigenvalue weighted by Gasteiger charge is -2.18. The lowest BCUT2D eigenvalue weighted by molar-refractivity contribution is -0.384. The summed E-state index contributed by atoms with van der Waals surface area (Å²) in [4.78, 5) is 27.4. The van der Waals surface area contributed by atoms with E-state index in [1.54, 1.807) is 12.1 Å². The van der Waals surface area contributed by atoms with Gasteiger partial charge in [-0.25, -0.2) is 0 Å². The molecular weight excluding hydrogens is 466 g/mol. The van der Waals surface area contributed by atoms with Gasteiger partial charge in [0.1, 0.15) is 11.5 Å². The first kappa shape index (κ1) is 23.8. The van der Waals surface area contributed by atoms with Crippen LogP contribution in [0.4, 0.5) is 5.69 Å². The molecule has 37 heavy (non-hydrogen) atoms. The van der Waals surface area contributed by atoms with E-state index < -0.39 is 4.92 Å². The van der Waals surface area contributed by atoms with Gasteiger partial charge < -0.3 is 15.0 Å². The summed E-state index contributed by atoms with van der Waals surface area (Å²) in [6.45, 7) is 0.420. The number of amides is 1. The standard InChI is InChI=1S/C30H25N3O4/c34-30(32-19-21-8-3-1-4-9-21)18-26(28-20-31-29-15-14-23(33(35)36)17-27(28)29)22-10-7-13-25(16-22)37-24-11-5-2-6-12-24/h1-17,20,26,31H,18-19H2,(H,32,34). The summed E-state index contributed by atoms with van der Waals surface area (Å²) in [5.74, 6) is 0.873. The summed E-state index contributed by atoms with van der Waals surface area (Å²) in [6.07, 6.45) is 1.99. The van der Waals surface area contributed by atoms with E-state index in [1.165, 1.54) is 6.07 Å². The minimum atomic E-state index is -0.411. The number of nitrogens with zero attached hydrogens (tertiary/aromatic N) is 1. The molecule has 0 spiro atoms. The first-order valence-corrected chi connectivity index (χ1v) is 12.0. The maximum absolute atomic E-state index is 13.1. The molecule has 184 valence electrons. The molecule has 1 aromatic heterocycles. The van der Waals surface area contributed by atoms with Crippen LogP contribution in [-0.2, 0) is 11.3 Å². The van der Waals surface area contributed by atoms with Crippen LogP contribution in [0, 0.1) is 10.1 Å². The number of fused-ring (bicyclic) bond motifs is 1. The monoisotopic (exact) mass is 491 g/mol. The fourth-order valence-electron chi connectivity index (χ4n) is 4.41. The maximum atomic E-state index is 13.1. The first-order valence-electron chi connectivity index (χ1n) is 12.0. The predicted molar refractivity (Wildman–Crippen MR) is 143 cm³/mol. The lowest BCUT2D eigenvalue weighted by atomic mass is 9.87. The van der Waals surface area contributed by atoms with Gasteiger partial charge >= 0.3 is 0 Å². The second-order valence-electron chi connectivity index (χ2n) is 8.74. The number of aromatic nitrogens is 1. The van der Waals surface area contributed by atoms with Crippen molar-refractivity contribution in [2.45, 2.75) is 18.9 Å². The molecule has 5 rings (SSSR count). The average molecular weight is 492 g/mol. The van der Waals surface area contributed by atoms with Crippen LogP contribution < -0.4 is 10.1 Å². The quantitative estimate of drug-likeness (QED) is 0.177. The van der Waals surface area contributed by atoms with Crippen molar-refractivity contribution in [1.82, 2.24) is 10.3 Å². The zero-order valence-electron chi connectivity index (χ0n) is 20.0.